The van der Waals surface area contributed by atoms with E-state index in [1.807, 2.05) is 30.0 Å². The topological polar surface area (TPSA) is 65.4 Å². The zero-order chi connectivity index (χ0) is 14.5. The largest absolute Gasteiger partial charge is 0.464 e. The summed E-state index contributed by atoms with van der Waals surface area (Å²) in [7, 11) is 0. The molecule has 1 aliphatic heterocycles. The summed E-state index contributed by atoms with van der Waals surface area (Å²) in [4.78, 5) is 14.0. The van der Waals surface area contributed by atoms with Gasteiger partial charge in [-0.2, -0.15) is 5.26 Å². The Balaban J connectivity index is 2.33. The van der Waals surface area contributed by atoms with Crippen LogP contribution in [0.1, 0.15) is 18.1 Å². The highest BCUT2D eigenvalue weighted by molar-refractivity contribution is 5.81. The monoisotopic (exact) mass is 273 g/mol. The highest BCUT2D eigenvalue weighted by Gasteiger charge is 2.31. The van der Waals surface area contributed by atoms with E-state index in [1.54, 1.807) is 6.92 Å². The summed E-state index contributed by atoms with van der Waals surface area (Å²) in [6.07, 6.45) is 0. The molecule has 1 aromatic carbocycles. The van der Waals surface area contributed by atoms with E-state index in [4.69, 9.17) is 4.74 Å². The molecule has 0 bridgehead atoms. The van der Waals surface area contributed by atoms with Crippen LogP contribution in [0, 0.1) is 18.3 Å². The van der Waals surface area contributed by atoms with E-state index in [1.165, 1.54) is 0 Å². The molecule has 20 heavy (non-hydrogen) atoms. The molecule has 0 spiro atoms. The molecule has 1 atom stereocenters. The van der Waals surface area contributed by atoms with Crippen LogP contribution in [-0.4, -0.2) is 38.3 Å². The minimum Gasteiger partial charge on any atom is -0.464 e. The molecule has 0 aromatic heterocycles. The van der Waals surface area contributed by atoms with Crippen molar-refractivity contribution >= 4 is 11.7 Å². The smallest absolute Gasteiger partial charge is 0.330 e. The number of nitriles is 1. The Morgan fingerprint density at radius 3 is 3.10 bits per heavy atom. The summed E-state index contributed by atoms with van der Waals surface area (Å²) in [5.41, 5.74) is 2.44. The van der Waals surface area contributed by atoms with Crippen molar-refractivity contribution in [3.63, 3.8) is 0 Å². The Labute approximate surface area is 119 Å². The number of nitrogens with one attached hydrogen (secondary N) is 1. The summed E-state index contributed by atoms with van der Waals surface area (Å²) in [5.74, 6) is -0.246. The molecule has 1 unspecified atom stereocenters. The zero-order valence-corrected chi connectivity index (χ0v) is 11.8. The van der Waals surface area contributed by atoms with Gasteiger partial charge in [-0.3, -0.25) is 0 Å². The van der Waals surface area contributed by atoms with Gasteiger partial charge in [0.1, 0.15) is 12.1 Å². The van der Waals surface area contributed by atoms with Crippen LogP contribution in [0.4, 0.5) is 5.69 Å². The SMILES string of the molecule is CCOC(=O)C1CNCCN1c1ccc(C)cc1C#N. The van der Waals surface area contributed by atoms with Gasteiger partial charge < -0.3 is 15.0 Å². The number of hydrogen-bond donors (Lipinski definition) is 1. The predicted octanol–water partition coefficient (Wildman–Crippen LogP) is 1.21. The Bertz CT molecular complexity index is 536. The third-order valence-electron chi connectivity index (χ3n) is 3.38. The first-order valence-electron chi connectivity index (χ1n) is 6.82. The number of carbonyl (C=O) groups excluding carboxylic acids is 1. The first-order valence-corrected chi connectivity index (χ1v) is 6.82. The average molecular weight is 273 g/mol. The first-order chi connectivity index (χ1) is 9.67. The van der Waals surface area contributed by atoms with Crippen molar-refractivity contribution in [2.24, 2.45) is 0 Å². The van der Waals surface area contributed by atoms with Crippen LogP contribution in [-0.2, 0) is 9.53 Å². The number of anilines is 1. The van der Waals surface area contributed by atoms with Crippen LogP contribution < -0.4 is 10.2 Å². The molecular formula is C15H19N3O2. The second-order valence-corrected chi connectivity index (χ2v) is 4.80. The minimum atomic E-state index is -0.376. The van der Waals surface area contributed by atoms with Gasteiger partial charge in [0.25, 0.3) is 0 Å². The van der Waals surface area contributed by atoms with Gasteiger partial charge in [0.2, 0.25) is 0 Å². The summed E-state index contributed by atoms with van der Waals surface area (Å²) in [6.45, 7) is 6.12. The molecule has 5 nitrogen and oxygen atoms in total. The minimum absolute atomic E-state index is 0.246. The maximum atomic E-state index is 12.1. The molecule has 0 aliphatic carbocycles. The van der Waals surface area contributed by atoms with Gasteiger partial charge in [-0.25, -0.2) is 4.79 Å². The summed E-state index contributed by atoms with van der Waals surface area (Å²) >= 11 is 0. The molecule has 106 valence electrons. The van der Waals surface area contributed by atoms with Gasteiger partial charge in [-0.1, -0.05) is 6.07 Å². The van der Waals surface area contributed by atoms with Crippen LogP contribution in [0.25, 0.3) is 0 Å². The van der Waals surface area contributed by atoms with E-state index < -0.39 is 0 Å². The number of piperazine rings is 1. The van der Waals surface area contributed by atoms with Gasteiger partial charge in [-0.05, 0) is 31.5 Å². The Morgan fingerprint density at radius 1 is 1.60 bits per heavy atom. The molecule has 1 aromatic rings. The number of ether oxygens (including phenoxy) is 1. The fourth-order valence-electron chi connectivity index (χ4n) is 2.43. The highest BCUT2D eigenvalue weighted by Crippen LogP contribution is 2.24. The van der Waals surface area contributed by atoms with Gasteiger partial charge in [-0.15, -0.1) is 0 Å². The van der Waals surface area contributed by atoms with E-state index in [-0.39, 0.29) is 12.0 Å². The summed E-state index contributed by atoms with van der Waals surface area (Å²) in [6, 6.07) is 7.55. The molecular weight excluding hydrogens is 254 g/mol. The van der Waals surface area contributed by atoms with Crippen molar-refractivity contribution in [3.8, 4) is 6.07 Å². The molecule has 5 heteroatoms. The van der Waals surface area contributed by atoms with E-state index in [0.29, 0.717) is 25.3 Å². The van der Waals surface area contributed by atoms with Gasteiger partial charge in [0, 0.05) is 19.6 Å². The van der Waals surface area contributed by atoms with Gasteiger partial charge in [0.15, 0.2) is 0 Å². The van der Waals surface area contributed by atoms with E-state index in [0.717, 1.165) is 17.8 Å². The Morgan fingerprint density at radius 2 is 2.40 bits per heavy atom. The molecule has 1 fully saturated rings. The third-order valence-corrected chi connectivity index (χ3v) is 3.38. The molecule has 1 N–H and O–H groups in total. The lowest BCUT2D eigenvalue weighted by atomic mass is 10.1. The second-order valence-electron chi connectivity index (χ2n) is 4.80. The van der Waals surface area contributed by atoms with Crippen molar-refractivity contribution in [3.05, 3.63) is 29.3 Å². The van der Waals surface area contributed by atoms with Gasteiger partial charge >= 0.3 is 5.97 Å². The maximum absolute atomic E-state index is 12.1. The van der Waals surface area contributed by atoms with Crippen molar-refractivity contribution in [2.45, 2.75) is 19.9 Å². The molecule has 1 aliphatic rings. The molecule has 0 saturated carbocycles. The Kier molecular flexibility index (Phi) is 4.59. The van der Waals surface area contributed by atoms with E-state index >= 15 is 0 Å². The van der Waals surface area contributed by atoms with Crippen LogP contribution >= 0.6 is 0 Å². The summed E-state index contributed by atoms with van der Waals surface area (Å²) in [5, 5.41) is 12.5. The number of carbonyl (C=O) groups is 1. The van der Waals surface area contributed by atoms with Crippen molar-refractivity contribution in [1.29, 1.82) is 5.26 Å². The normalized spacial score (nSPS) is 18.4. The highest BCUT2D eigenvalue weighted by atomic mass is 16.5. The van der Waals surface area contributed by atoms with Crippen LogP contribution in [0.15, 0.2) is 18.2 Å². The lowest BCUT2D eigenvalue weighted by Crippen LogP contribution is -2.55. The molecule has 1 heterocycles. The van der Waals surface area contributed by atoms with Crippen molar-refractivity contribution < 1.29 is 9.53 Å². The number of benzene rings is 1. The fourth-order valence-corrected chi connectivity index (χ4v) is 2.43. The standard InChI is InChI=1S/C15H19N3O2/c1-3-20-15(19)14-10-17-6-7-18(14)13-5-4-11(2)8-12(13)9-16/h4-5,8,14,17H,3,6-7,10H2,1-2H3. The van der Waals surface area contributed by atoms with Crippen molar-refractivity contribution in [1.82, 2.24) is 5.32 Å². The molecule has 2 rings (SSSR count). The molecule has 0 radical (unpaired) electrons. The molecule has 1 saturated heterocycles. The fraction of sp³-hybridized carbons (Fsp3) is 0.467. The summed E-state index contributed by atoms with van der Waals surface area (Å²) < 4.78 is 5.13. The number of hydrogen-bond acceptors (Lipinski definition) is 5. The number of aryl methyl sites for hydroxylation is 1. The van der Waals surface area contributed by atoms with Crippen molar-refractivity contribution in [2.75, 3.05) is 31.1 Å². The quantitative estimate of drug-likeness (QED) is 0.839. The zero-order valence-electron chi connectivity index (χ0n) is 11.8. The average Bonchev–Trinajstić information content (AvgIpc) is 2.47. The predicted molar refractivity (Wildman–Crippen MR) is 76.5 cm³/mol. The lowest BCUT2D eigenvalue weighted by Gasteiger charge is -2.36. The Hall–Kier alpha value is -2.06. The number of esters is 1. The second kappa shape index (κ2) is 6.40. The van der Waals surface area contributed by atoms with E-state index in [2.05, 4.69) is 11.4 Å². The van der Waals surface area contributed by atoms with Crippen LogP contribution in [0.2, 0.25) is 0 Å². The third kappa shape index (κ3) is 2.91. The molecule has 0 amide bonds. The lowest BCUT2D eigenvalue weighted by molar-refractivity contribution is -0.144. The first kappa shape index (κ1) is 14.4. The van der Waals surface area contributed by atoms with E-state index in [9.17, 15) is 10.1 Å². The van der Waals surface area contributed by atoms with Crippen LogP contribution in [0.3, 0.4) is 0 Å². The number of rotatable bonds is 3. The number of nitrogens with zero attached hydrogens (tertiary/aromatic N) is 2. The van der Waals surface area contributed by atoms with Crippen LogP contribution in [0.5, 0.6) is 0 Å². The van der Waals surface area contributed by atoms with Gasteiger partial charge in [0.05, 0.1) is 17.9 Å². The maximum Gasteiger partial charge on any atom is 0.330 e.